The lowest BCUT2D eigenvalue weighted by Crippen LogP contribution is -2.46. The van der Waals surface area contributed by atoms with Crippen LogP contribution in [0.5, 0.6) is 0 Å². The molecule has 2 heterocycles. The van der Waals surface area contributed by atoms with Gasteiger partial charge in [-0.3, -0.25) is 14.5 Å². The standard InChI is InChI=1S/C25H28N2O2S2/c1-2-18-11-13-20(14-12-18)27(23(28)17-21-9-5-15-30-21)24(22-10-6-16-31-22)25(29)26-19-7-3-4-8-19/h5-6,9-16,19,24H,2-4,7-8,17H2,1H3,(H,26,29)/t24-/m1/s1. The quantitative estimate of drug-likeness (QED) is 0.473. The number of carbonyl (C=O) groups is 2. The lowest BCUT2D eigenvalue weighted by atomic mass is 10.1. The van der Waals surface area contributed by atoms with Crippen LogP contribution in [0.3, 0.4) is 0 Å². The summed E-state index contributed by atoms with van der Waals surface area (Å²) >= 11 is 3.09. The molecule has 6 heteroatoms. The van der Waals surface area contributed by atoms with Gasteiger partial charge in [0.15, 0.2) is 0 Å². The average molecular weight is 453 g/mol. The van der Waals surface area contributed by atoms with E-state index in [9.17, 15) is 9.59 Å². The van der Waals surface area contributed by atoms with Crippen molar-refractivity contribution in [3.05, 3.63) is 74.6 Å². The Labute approximate surface area is 191 Å². The minimum absolute atomic E-state index is 0.0633. The molecule has 4 nitrogen and oxygen atoms in total. The van der Waals surface area contributed by atoms with E-state index in [1.54, 1.807) is 16.2 Å². The molecule has 1 atom stereocenters. The van der Waals surface area contributed by atoms with Gasteiger partial charge in [0.2, 0.25) is 11.8 Å². The van der Waals surface area contributed by atoms with Crippen molar-refractivity contribution in [1.82, 2.24) is 5.32 Å². The van der Waals surface area contributed by atoms with Crippen molar-refractivity contribution >= 4 is 40.2 Å². The Hall–Kier alpha value is -2.44. The molecule has 2 amide bonds. The Kier molecular flexibility index (Phi) is 7.20. The number of carbonyl (C=O) groups excluding carboxylic acids is 2. The highest BCUT2D eigenvalue weighted by Crippen LogP contribution is 2.32. The number of aryl methyl sites for hydroxylation is 1. The predicted molar refractivity (Wildman–Crippen MR) is 129 cm³/mol. The molecule has 2 aromatic heterocycles. The summed E-state index contributed by atoms with van der Waals surface area (Å²) in [6.07, 6.45) is 5.53. The fourth-order valence-electron chi connectivity index (χ4n) is 4.15. The van der Waals surface area contributed by atoms with Gasteiger partial charge in [-0.25, -0.2) is 0 Å². The number of nitrogens with zero attached hydrogens (tertiary/aromatic N) is 1. The van der Waals surface area contributed by atoms with Crippen molar-refractivity contribution < 1.29 is 9.59 Å². The van der Waals surface area contributed by atoms with E-state index in [1.807, 2.05) is 59.3 Å². The van der Waals surface area contributed by atoms with Crippen LogP contribution in [0, 0.1) is 0 Å². The maximum Gasteiger partial charge on any atom is 0.248 e. The lowest BCUT2D eigenvalue weighted by Gasteiger charge is -2.31. The summed E-state index contributed by atoms with van der Waals surface area (Å²) in [5.41, 5.74) is 1.97. The molecular weight excluding hydrogens is 424 g/mol. The summed E-state index contributed by atoms with van der Waals surface area (Å²) in [6.45, 7) is 2.11. The highest BCUT2D eigenvalue weighted by Gasteiger charge is 2.35. The van der Waals surface area contributed by atoms with Crippen molar-refractivity contribution in [1.29, 1.82) is 0 Å². The van der Waals surface area contributed by atoms with Crippen LogP contribution in [0.2, 0.25) is 0 Å². The smallest absolute Gasteiger partial charge is 0.248 e. The molecule has 1 saturated carbocycles. The molecule has 4 rings (SSSR count). The minimum atomic E-state index is -0.666. The molecule has 0 unspecified atom stereocenters. The normalized spacial score (nSPS) is 15.0. The van der Waals surface area contributed by atoms with E-state index in [0.29, 0.717) is 0 Å². The highest BCUT2D eigenvalue weighted by molar-refractivity contribution is 7.10. The van der Waals surface area contributed by atoms with Crippen molar-refractivity contribution in [2.75, 3.05) is 4.90 Å². The third-order valence-corrected chi connectivity index (χ3v) is 7.62. The molecule has 0 spiro atoms. The summed E-state index contributed by atoms with van der Waals surface area (Å²) in [5.74, 6) is -0.153. The van der Waals surface area contributed by atoms with Gasteiger partial charge in [-0.2, -0.15) is 0 Å². The molecular formula is C25H28N2O2S2. The van der Waals surface area contributed by atoms with Gasteiger partial charge in [-0.1, -0.05) is 44.0 Å². The molecule has 0 radical (unpaired) electrons. The first-order chi connectivity index (χ1) is 15.2. The van der Waals surface area contributed by atoms with Crippen molar-refractivity contribution in [2.24, 2.45) is 0 Å². The van der Waals surface area contributed by atoms with Crippen molar-refractivity contribution in [3.63, 3.8) is 0 Å². The number of rotatable bonds is 8. The largest absolute Gasteiger partial charge is 0.351 e. The number of benzene rings is 1. The number of amides is 2. The van der Waals surface area contributed by atoms with Crippen LogP contribution < -0.4 is 10.2 Å². The Morgan fingerprint density at radius 1 is 1.03 bits per heavy atom. The molecule has 1 aliphatic carbocycles. The molecule has 1 fully saturated rings. The first-order valence-electron chi connectivity index (χ1n) is 10.9. The van der Waals surface area contributed by atoms with Crippen LogP contribution in [-0.4, -0.2) is 17.9 Å². The Balaban J connectivity index is 1.70. The fraction of sp³-hybridized carbons (Fsp3) is 0.360. The fourth-order valence-corrected chi connectivity index (χ4v) is 5.66. The molecule has 31 heavy (non-hydrogen) atoms. The van der Waals surface area contributed by atoms with Gasteiger partial charge in [-0.15, -0.1) is 22.7 Å². The topological polar surface area (TPSA) is 49.4 Å². The van der Waals surface area contributed by atoms with E-state index in [-0.39, 0.29) is 24.3 Å². The zero-order valence-corrected chi connectivity index (χ0v) is 19.4. The van der Waals surface area contributed by atoms with Crippen LogP contribution in [-0.2, 0) is 22.4 Å². The Bertz CT molecular complexity index is 975. The van der Waals surface area contributed by atoms with E-state index in [0.717, 1.165) is 47.5 Å². The van der Waals surface area contributed by atoms with Gasteiger partial charge in [0.05, 0.1) is 6.42 Å². The first kappa shape index (κ1) is 21.8. The van der Waals surface area contributed by atoms with E-state index in [2.05, 4.69) is 12.2 Å². The summed E-state index contributed by atoms with van der Waals surface area (Å²) in [4.78, 5) is 30.7. The summed E-state index contributed by atoms with van der Waals surface area (Å²) < 4.78 is 0. The van der Waals surface area contributed by atoms with Crippen LogP contribution in [0.1, 0.15) is 54.0 Å². The highest BCUT2D eigenvalue weighted by atomic mass is 32.1. The van der Waals surface area contributed by atoms with Gasteiger partial charge in [0.25, 0.3) is 0 Å². The van der Waals surface area contributed by atoms with Gasteiger partial charge < -0.3 is 5.32 Å². The van der Waals surface area contributed by atoms with Crippen molar-refractivity contribution in [3.8, 4) is 0 Å². The second-order valence-corrected chi connectivity index (χ2v) is 9.96. The molecule has 162 valence electrons. The summed E-state index contributed by atoms with van der Waals surface area (Å²) in [6, 6.07) is 15.4. The lowest BCUT2D eigenvalue weighted by molar-refractivity contribution is -0.126. The average Bonchev–Trinajstić information content (AvgIpc) is 3.55. The summed E-state index contributed by atoms with van der Waals surface area (Å²) in [7, 11) is 0. The molecule has 0 saturated heterocycles. The van der Waals surface area contributed by atoms with Gasteiger partial charge in [-0.05, 0) is 59.9 Å². The van der Waals surface area contributed by atoms with Gasteiger partial charge >= 0.3 is 0 Å². The molecule has 0 bridgehead atoms. The third kappa shape index (κ3) is 5.25. The number of hydrogen-bond acceptors (Lipinski definition) is 4. The van der Waals surface area contributed by atoms with E-state index >= 15 is 0 Å². The molecule has 1 aromatic carbocycles. The maximum atomic E-state index is 13.6. The molecule has 1 aliphatic rings. The van der Waals surface area contributed by atoms with Gasteiger partial charge in [0.1, 0.15) is 6.04 Å². The second kappa shape index (κ2) is 10.2. The monoisotopic (exact) mass is 452 g/mol. The van der Waals surface area contributed by atoms with Crippen molar-refractivity contribution in [2.45, 2.75) is 57.5 Å². The maximum absolute atomic E-state index is 13.6. The number of hydrogen-bond donors (Lipinski definition) is 1. The molecule has 3 aromatic rings. The minimum Gasteiger partial charge on any atom is -0.351 e. The molecule has 0 aliphatic heterocycles. The van der Waals surface area contributed by atoms with Crippen LogP contribution in [0.15, 0.2) is 59.3 Å². The van der Waals surface area contributed by atoms with Gasteiger partial charge in [0, 0.05) is 21.5 Å². The van der Waals surface area contributed by atoms with Crippen LogP contribution in [0.4, 0.5) is 5.69 Å². The zero-order chi connectivity index (χ0) is 21.6. The number of nitrogens with one attached hydrogen (secondary N) is 1. The van der Waals surface area contributed by atoms with Crippen LogP contribution in [0.25, 0.3) is 0 Å². The Morgan fingerprint density at radius 2 is 1.74 bits per heavy atom. The first-order valence-corrected chi connectivity index (χ1v) is 12.7. The number of thiophene rings is 2. The zero-order valence-electron chi connectivity index (χ0n) is 17.8. The second-order valence-electron chi connectivity index (χ2n) is 7.95. The van der Waals surface area contributed by atoms with E-state index < -0.39 is 6.04 Å². The van der Waals surface area contributed by atoms with E-state index in [1.165, 1.54) is 16.9 Å². The summed E-state index contributed by atoms with van der Waals surface area (Å²) in [5, 5.41) is 7.17. The third-order valence-electron chi connectivity index (χ3n) is 5.82. The Morgan fingerprint density at radius 3 is 2.35 bits per heavy atom. The van der Waals surface area contributed by atoms with Crippen LogP contribution >= 0.6 is 22.7 Å². The number of anilines is 1. The molecule has 1 N–H and O–H groups in total. The predicted octanol–water partition coefficient (Wildman–Crippen LogP) is 5.75. The van der Waals surface area contributed by atoms with E-state index in [4.69, 9.17) is 0 Å². The SMILES string of the molecule is CCc1ccc(N(C(=O)Cc2cccs2)[C@@H](C(=O)NC2CCCC2)c2cccs2)cc1.